The van der Waals surface area contributed by atoms with Crippen molar-refractivity contribution in [2.75, 3.05) is 4.90 Å². The van der Waals surface area contributed by atoms with Crippen LogP contribution in [0.4, 0.5) is 5.69 Å². The Morgan fingerprint density at radius 3 is 2.24 bits per heavy atom. The predicted molar refractivity (Wildman–Crippen MR) is 63.7 cm³/mol. The van der Waals surface area contributed by atoms with Gasteiger partial charge in [0, 0.05) is 5.69 Å². The molecule has 1 aliphatic heterocycles. The van der Waals surface area contributed by atoms with Crippen molar-refractivity contribution < 1.29 is 14.7 Å². The highest BCUT2D eigenvalue weighted by Crippen LogP contribution is 2.34. The Labute approximate surface area is 99.2 Å². The van der Waals surface area contributed by atoms with Gasteiger partial charge in [-0.1, -0.05) is 18.2 Å². The van der Waals surface area contributed by atoms with Crippen molar-refractivity contribution in [2.24, 2.45) is 0 Å². The molecule has 1 N–H and O–H groups in total. The van der Waals surface area contributed by atoms with Crippen LogP contribution < -0.4 is 4.90 Å². The Hall–Kier alpha value is -2.10. The van der Waals surface area contributed by atoms with Gasteiger partial charge in [0.1, 0.15) is 11.1 Å². The summed E-state index contributed by atoms with van der Waals surface area (Å²) in [5, 5.41) is 8.97. The van der Waals surface area contributed by atoms with Crippen molar-refractivity contribution in [3.05, 3.63) is 42.2 Å². The lowest BCUT2D eigenvalue weighted by atomic mass is 9.98. The molecule has 1 amide bonds. The van der Waals surface area contributed by atoms with Crippen LogP contribution in [-0.2, 0) is 9.59 Å². The van der Waals surface area contributed by atoms with E-state index < -0.39 is 11.4 Å². The number of carbonyl (C=O) groups is 2. The summed E-state index contributed by atoms with van der Waals surface area (Å²) in [4.78, 5) is 25.4. The SMILES string of the molecule is CC1(C)C(=O)/C(=C/O)C(=O)N1c1ccccc1. The second-order valence-electron chi connectivity index (χ2n) is 4.41. The molecule has 0 spiro atoms. The number of benzene rings is 1. The minimum atomic E-state index is -0.965. The fourth-order valence-corrected chi connectivity index (χ4v) is 2.03. The summed E-state index contributed by atoms with van der Waals surface area (Å²) in [5.41, 5.74) is -0.487. The Morgan fingerprint density at radius 1 is 1.18 bits per heavy atom. The number of rotatable bonds is 1. The fourth-order valence-electron chi connectivity index (χ4n) is 2.03. The number of carbonyl (C=O) groups excluding carboxylic acids is 2. The number of para-hydroxylation sites is 1. The fraction of sp³-hybridized carbons (Fsp3) is 0.231. The van der Waals surface area contributed by atoms with E-state index in [1.807, 2.05) is 6.07 Å². The third kappa shape index (κ3) is 1.53. The van der Waals surface area contributed by atoms with Crippen molar-refractivity contribution in [1.82, 2.24) is 0 Å². The van der Waals surface area contributed by atoms with Gasteiger partial charge in [0.2, 0.25) is 0 Å². The molecule has 0 bridgehead atoms. The van der Waals surface area contributed by atoms with Crippen LogP contribution in [0, 0.1) is 0 Å². The molecule has 17 heavy (non-hydrogen) atoms. The van der Waals surface area contributed by atoms with Gasteiger partial charge in [0.15, 0.2) is 5.78 Å². The van der Waals surface area contributed by atoms with Crippen LogP contribution in [0.5, 0.6) is 0 Å². The highest BCUT2D eigenvalue weighted by molar-refractivity contribution is 6.34. The van der Waals surface area contributed by atoms with Gasteiger partial charge in [-0.2, -0.15) is 0 Å². The molecule has 0 saturated carbocycles. The van der Waals surface area contributed by atoms with Crippen LogP contribution in [0.15, 0.2) is 42.2 Å². The molecule has 1 aromatic carbocycles. The van der Waals surface area contributed by atoms with Gasteiger partial charge in [0.25, 0.3) is 5.91 Å². The highest BCUT2D eigenvalue weighted by Gasteiger charge is 2.50. The summed E-state index contributed by atoms with van der Waals surface area (Å²) in [6.07, 6.45) is 0.593. The maximum Gasteiger partial charge on any atom is 0.266 e. The molecule has 1 fully saturated rings. The first-order valence-corrected chi connectivity index (χ1v) is 5.29. The standard InChI is InChI=1S/C13H13NO3/c1-13(2)11(16)10(8-15)12(17)14(13)9-6-4-3-5-7-9/h3-8,15H,1-2H3/b10-8-. The molecule has 0 radical (unpaired) electrons. The second kappa shape index (κ2) is 3.73. The first-order chi connectivity index (χ1) is 8.00. The van der Waals surface area contributed by atoms with Gasteiger partial charge < -0.3 is 5.11 Å². The highest BCUT2D eigenvalue weighted by atomic mass is 16.2. The zero-order chi connectivity index (χ0) is 12.6. The van der Waals surface area contributed by atoms with E-state index in [0.29, 0.717) is 11.9 Å². The van der Waals surface area contributed by atoms with Crippen LogP contribution >= 0.6 is 0 Å². The maximum absolute atomic E-state index is 12.0. The van der Waals surface area contributed by atoms with E-state index in [1.165, 1.54) is 4.90 Å². The van der Waals surface area contributed by atoms with E-state index in [-0.39, 0.29) is 11.4 Å². The van der Waals surface area contributed by atoms with Crippen LogP contribution in [0.2, 0.25) is 0 Å². The molecule has 1 aliphatic rings. The smallest absolute Gasteiger partial charge is 0.266 e. The molecule has 1 aromatic rings. The Morgan fingerprint density at radius 2 is 1.76 bits per heavy atom. The summed E-state index contributed by atoms with van der Waals surface area (Å²) >= 11 is 0. The van der Waals surface area contributed by atoms with Gasteiger partial charge in [-0.3, -0.25) is 14.5 Å². The van der Waals surface area contributed by atoms with Crippen LogP contribution in [0.25, 0.3) is 0 Å². The summed E-state index contributed by atoms with van der Waals surface area (Å²) < 4.78 is 0. The number of Topliss-reactive ketones (excluding diaryl/α,β-unsaturated/α-hetero) is 1. The molecule has 0 unspecified atom stereocenters. The van der Waals surface area contributed by atoms with E-state index in [9.17, 15) is 9.59 Å². The number of nitrogens with zero attached hydrogens (tertiary/aromatic N) is 1. The molecule has 1 saturated heterocycles. The Kier molecular flexibility index (Phi) is 2.50. The third-order valence-electron chi connectivity index (χ3n) is 2.94. The van der Waals surface area contributed by atoms with Crippen LogP contribution in [-0.4, -0.2) is 22.3 Å². The monoisotopic (exact) mass is 231 g/mol. The summed E-state index contributed by atoms with van der Waals surface area (Å²) in [5.74, 6) is -0.831. The normalized spacial score (nSPS) is 21.3. The minimum absolute atomic E-state index is 0.168. The molecule has 1 heterocycles. The number of ketones is 1. The first kappa shape index (κ1) is 11.4. The van der Waals surface area contributed by atoms with Crippen molar-refractivity contribution in [1.29, 1.82) is 0 Å². The molecular weight excluding hydrogens is 218 g/mol. The molecular formula is C13H13NO3. The lowest BCUT2D eigenvalue weighted by Gasteiger charge is -2.29. The van der Waals surface area contributed by atoms with Crippen molar-refractivity contribution in [2.45, 2.75) is 19.4 Å². The molecule has 4 nitrogen and oxygen atoms in total. The van der Waals surface area contributed by atoms with Crippen LogP contribution in [0.3, 0.4) is 0 Å². The first-order valence-electron chi connectivity index (χ1n) is 5.29. The zero-order valence-corrected chi connectivity index (χ0v) is 9.68. The largest absolute Gasteiger partial charge is 0.515 e. The molecule has 0 aromatic heterocycles. The van der Waals surface area contributed by atoms with Crippen LogP contribution in [0.1, 0.15) is 13.8 Å². The second-order valence-corrected chi connectivity index (χ2v) is 4.41. The molecule has 2 rings (SSSR count). The zero-order valence-electron chi connectivity index (χ0n) is 9.68. The van der Waals surface area contributed by atoms with Crippen molar-refractivity contribution in [3.63, 3.8) is 0 Å². The molecule has 0 atom stereocenters. The molecule has 0 aliphatic carbocycles. The van der Waals surface area contributed by atoms with Gasteiger partial charge in [0.05, 0.1) is 6.26 Å². The van der Waals surface area contributed by atoms with Gasteiger partial charge in [-0.25, -0.2) is 0 Å². The lowest BCUT2D eigenvalue weighted by Crippen LogP contribution is -2.44. The summed E-state index contributed by atoms with van der Waals surface area (Å²) in [6.45, 7) is 3.33. The molecule has 4 heteroatoms. The maximum atomic E-state index is 12.0. The summed E-state index contributed by atoms with van der Waals surface area (Å²) in [6, 6.07) is 8.94. The van der Waals surface area contributed by atoms with E-state index in [4.69, 9.17) is 5.11 Å². The lowest BCUT2D eigenvalue weighted by molar-refractivity contribution is -0.118. The average molecular weight is 231 g/mol. The topological polar surface area (TPSA) is 57.6 Å². The Bertz CT molecular complexity index is 503. The van der Waals surface area contributed by atoms with Crippen molar-refractivity contribution >= 4 is 17.4 Å². The van der Waals surface area contributed by atoms with E-state index in [1.54, 1.807) is 38.1 Å². The Balaban J connectivity index is 2.56. The number of hydrogen-bond donors (Lipinski definition) is 1. The quantitative estimate of drug-likeness (QED) is 0.455. The van der Waals surface area contributed by atoms with E-state index in [0.717, 1.165) is 0 Å². The van der Waals surface area contributed by atoms with Gasteiger partial charge in [-0.15, -0.1) is 0 Å². The predicted octanol–water partition coefficient (Wildman–Crippen LogP) is 1.82. The third-order valence-corrected chi connectivity index (χ3v) is 2.94. The summed E-state index contributed by atoms with van der Waals surface area (Å²) in [7, 11) is 0. The average Bonchev–Trinajstić information content (AvgIpc) is 2.47. The van der Waals surface area contributed by atoms with E-state index >= 15 is 0 Å². The van der Waals surface area contributed by atoms with Gasteiger partial charge >= 0.3 is 0 Å². The van der Waals surface area contributed by atoms with Crippen molar-refractivity contribution in [3.8, 4) is 0 Å². The number of aliphatic hydroxyl groups excluding tert-OH is 1. The molecule has 88 valence electrons. The number of hydrogen-bond acceptors (Lipinski definition) is 3. The number of amides is 1. The van der Waals surface area contributed by atoms with E-state index in [2.05, 4.69) is 0 Å². The number of aliphatic hydroxyl groups is 1. The minimum Gasteiger partial charge on any atom is -0.515 e. The number of anilines is 1. The van der Waals surface area contributed by atoms with Gasteiger partial charge in [-0.05, 0) is 26.0 Å².